The molecule has 0 radical (unpaired) electrons. The Labute approximate surface area is 314 Å². The zero-order valence-corrected chi connectivity index (χ0v) is 26.7. The molecule has 0 saturated carbocycles. The smallest absolute Gasteiger partial charge is 0.0667 e. The summed E-state index contributed by atoms with van der Waals surface area (Å²) in [5.74, 6) is 0. The second-order valence-corrected chi connectivity index (χ2v) is 12.3. The summed E-state index contributed by atoms with van der Waals surface area (Å²) in [5.41, 5.74) is 2.20. The van der Waals surface area contributed by atoms with E-state index in [9.17, 15) is 11.0 Å². The lowest BCUT2D eigenvalue weighted by molar-refractivity contribution is 1.14. The third kappa shape index (κ3) is 4.12. The van der Waals surface area contributed by atoms with Crippen LogP contribution in [0.1, 0.15) is 19.2 Å². The zero-order chi connectivity index (χ0) is 45.7. The Kier molecular flexibility index (Phi) is 3.76. The summed E-state index contributed by atoms with van der Waals surface area (Å²) in [5, 5.41) is 1.21. The predicted octanol–water partition coefficient (Wildman–Crippen LogP) is 12.6. The predicted molar refractivity (Wildman–Crippen MR) is 215 cm³/mol. The summed E-state index contributed by atoms with van der Waals surface area (Å²) in [6.07, 6.45) is 0. The summed E-state index contributed by atoms with van der Waals surface area (Å²) in [7, 11) is 0. The Hall–Kier alpha value is -6.84. The van der Waals surface area contributed by atoms with E-state index in [1.165, 1.54) is 4.57 Å². The molecule has 0 saturated heterocycles. The molecule has 0 atom stereocenters. The molecule has 0 amide bonds. The minimum atomic E-state index is -0.663. The number of hydrogen-bond acceptors (Lipinski definition) is 0. The van der Waals surface area contributed by atoms with Crippen molar-refractivity contribution in [1.29, 1.82) is 0 Å². The lowest BCUT2D eigenvalue weighted by Gasteiger charge is -2.13. The lowest BCUT2D eigenvalue weighted by Crippen LogP contribution is -1.98. The first-order valence-corrected chi connectivity index (χ1v) is 16.4. The molecule has 3 heterocycles. The molecule has 0 N–H and O–H groups in total. The van der Waals surface area contributed by atoms with Crippen molar-refractivity contribution in [3.05, 3.63) is 188 Å². The van der Waals surface area contributed by atoms with Crippen LogP contribution in [0.25, 0.3) is 93.6 Å². The summed E-state index contributed by atoms with van der Waals surface area (Å²) in [4.78, 5) is 0. The molecule has 11 aromatic rings. The van der Waals surface area contributed by atoms with Gasteiger partial charge in [-0.3, -0.25) is 0 Å². The highest BCUT2D eigenvalue weighted by Gasteiger charge is 2.19. The summed E-state index contributed by atoms with van der Waals surface area (Å²) < 4.78 is 134. The van der Waals surface area contributed by atoms with Gasteiger partial charge in [0, 0.05) is 49.4 Å². The molecule has 0 aliphatic heterocycles. The maximum absolute atomic E-state index is 10.2. The normalized spacial score (nSPS) is 15.8. The monoisotopic (exact) mass is 663 g/mol. The molecule has 238 valence electrons. The van der Waals surface area contributed by atoms with Gasteiger partial charge in [0.2, 0.25) is 0 Å². The maximum atomic E-state index is 10.2. The van der Waals surface area contributed by atoms with Crippen LogP contribution in [0.4, 0.5) is 0 Å². The van der Waals surface area contributed by atoms with E-state index in [1.54, 1.807) is 36.4 Å². The van der Waals surface area contributed by atoms with Crippen LogP contribution in [0.15, 0.2) is 188 Å². The van der Waals surface area contributed by atoms with Crippen molar-refractivity contribution in [2.75, 3.05) is 0 Å². The van der Waals surface area contributed by atoms with E-state index in [2.05, 4.69) is 4.57 Å². The molecular formula is C48H31N3. The van der Waals surface area contributed by atoms with Crippen LogP contribution in [0.2, 0.25) is 0 Å². The number of hydrogen-bond donors (Lipinski definition) is 0. The Balaban J connectivity index is 1.37. The van der Waals surface area contributed by atoms with Crippen molar-refractivity contribution in [2.24, 2.45) is 0 Å². The number of para-hydroxylation sites is 4. The van der Waals surface area contributed by atoms with Crippen molar-refractivity contribution in [3.8, 4) is 28.2 Å². The Morgan fingerprint density at radius 3 is 1.65 bits per heavy atom. The fraction of sp³-hybridized carbons (Fsp3) is 0. The van der Waals surface area contributed by atoms with Gasteiger partial charge in [-0.05, 0) is 71.7 Å². The van der Waals surface area contributed by atoms with E-state index in [-0.39, 0.29) is 61.3 Å². The van der Waals surface area contributed by atoms with Gasteiger partial charge in [0.25, 0.3) is 0 Å². The molecule has 0 spiro atoms. The molecule has 0 aliphatic rings. The molecule has 0 aliphatic carbocycles. The van der Waals surface area contributed by atoms with Crippen molar-refractivity contribution < 1.29 is 19.2 Å². The molecular weight excluding hydrogens is 619 g/mol. The first kappa shape index (κ1) is 17.7. The minimum absolute atomic E-state index is 0.00696. The van der Waals surface area contributed by atoms with Crippen LogP contribution in [0.3, 0.4) is 0 Å². The fourth-order valence-corrected chi connectivity index (χ4v) is 7.31. The molecule has 3 nitrogen and oxygen atoms in total. The molecule has 0 bridgehead atoms. The Morgan fingerprint density at radius 1 is 0.314 bits per heavy atom. The zero-order valence-electron chi connectivity index (χ0n) is 40.7. The van der Waals surface area contributed by atoms with E-state index >= 15 is 0 Å². The highest BCUT2D eigenvalue weighted by molar-refractivity contribution is 6.13. The van der Waals surface area contributed by atoms with Crippen molar-refractivity contribution in [2.45, 2.75) is 0 Å². The maximum Gasteiger partial charge on any atom is 0.0667 e. The van der Waals surface area contributed by atoms with Crippen molar-refractivity contribution in [3.63, 3.8) is 0 Å². The van der Waals surface area contributed by atoms with E-state index in [1.807, 2.05) is 66.7 Å². The number of benzene rings is 8. The summed E-state index contributed by atoms with van der Waals surface area (Å²) in [6, 6.07) is 24.1. The molecule has 0 fully saturated rings. The van der Waals surface area contributed by atoms with Gasteiger partial charge in [-0.1, -0.05) is 127 Å². The third-order valence-electron chi connectivity index (χ3n) is 9.52. The number of aromatic nitrogens is 3. The molecule has 51 heavy (non-hydrogen) atoms. The highest BCUT2D eigenvalue weighted by atomic mass is 15.0. The van der Waals surface area contributed by atoms with Gasteiger partial charge >= 0.3 is 0 Å². The van der Waals surface area contributed by atoms with Crippen LogP contribution < -0.4 is 0 Å². The fourth-order valence-electron chi connectivity index (χ4n) is 7.31. The Morgan fingerprint density at radius 2 is 0.882 bits per heavy atom. The molecule has 3 heteroatoms. The largest absolute Gasteiger partial charge is 0.309 e. The first-order chi connectivity index (χ1) is 31.2. The second-order valence-electron chi connectivity index (χ2n) is 12.3. The van der Waals surface area contributed by atoms with E-state index in [0.29, 0.717) is 11.3 Å². The number of fused-ring (bicyclic) bond motifs is 9. The molecule has 0 unspecified atom stereocenters. The average molecular weight is 664 g/mol. The van der Waals surface area contributed by atoms with Gasteiger partial charge in [-0.15, -0.1) is 0 Å². The van der Waals surface area contributed by atoms with Gasteiger partial charge in [0.05, 0.1) is 52.3 Å². The first-order valence-electron chi connectivity index (χ1n) is 23.4. The SMILES string of the molecule is [2H]c1c([2H])c([2H])c2c(c1[2H])c1c([2H])c([2H])c(-n3c4c([2H])c([2H])c([2H])c([2H])c4c4c([2H])c([2H])c(-c5ccccc5)c([2H])c43)c([2H])c1n2-c1ccc2c3ccccc3n(-c3ccccc3)c2c1. The van der Waals surface area contributed by atoms with E-state index in [4.69, 9.17) is 8.22 Å². The summed E-state index contributed by atoms with van der Waals surface area (Å²) in [6.45, 7) is 0. The van der Waals surface area contributed by atoms with Gasteiger partial charge in [-0.2, -0.15) is 0 Å². The van der Waals surface area contributed by atoms with Crippen molar-refractivity contribution >= 4 is 65.4 Å². The number of nitrogens with zero attached hydrogens (tertiary/aromatic N) is 3. The quantitative estimate of drug-likeness (QED) is 0.178. The van der Waals surface area contributed by atoms with Gasteiger partial charge in [0.15, 0.2) is 0 Å². The topological polar surface area (TPSA) is 14.8 Å². The van der Waals surface area contributed by atoms with Gasteiger partial charge < -0.3 is 13.7 Å². The van der Waals surface area contributed by atoms with Crippen LogP contribution >= 0.6 is 0 Å². The van der Waals surface area contributed by atoms with E-state index in [0.717, 1.165) is 32.1 Å². The van der Waals surface area contributed by atoms with Gasteiger partial charge in [-0.25, -0.2) is 0 Å². The van der Waals surface area contributed by atoms with E-state index < -0.39 is 78.2 Å². The van der Waals surface area contributed by atoms with Gasteiger partial charge in [0.1, 0.15) is 0 Å². The second kappa shape index (κ2) is 10.8. The summed E-state index contributed by atoms with van der Waals surface area (Å²) >= 11 is 0. The Bertz CT molecular complexity index is 3930. The van der Waals surface area contributed by atoms with Crippen LogP contribution in [-0.2, 0) is 0 Å². The average Bonchev–Trinajstić information content (AvgIpc) is 3.98. The lowest BCUT2D eigenvalue weighted by atomic mass is 10.0. The standard InChI is InChI=1S/C48H31N3/c1-3-13-32(14-4-1)33-23-26-40-37-17-8-11-21-44(37)50(46(40)29-33)35-24-28-42-39-19-9-12-22-45(39)51(48(42)31-35)36-25-27-41-38-18-7-10-20-43(38)49(47(41)30-36)34-15-5-2-6-16-34/h1-31H/i8D,9D,11D,12D,17D,19D,21D,22D,23D,24D,26D,28D,29D,31D. The third-order valence-corrected chi connectivity index (χ3v) is 9.52. The van der Waals surface area contributed by atoms with Crippen LogP contribution in [0.5, 0.6) is 0 Å². The minimum Gasteiger partial charge on any atom is -0.309 e. The van der Waals surface area contributed by atoms with Crippen LogP contribution in [-0.4, -0.2) is 13.7 Å². The highest BCUT2D eigenvalue weighted by Crippen LogP contribution is 2.39. The van der Waals surface area contributed by atoms with Crippen LogP contribution in [0, 0.1) is 0 Å². The van der Waals surface area contributed by atoms with Crippen molar-refractivity contribution in [1.82, 2.24) is 13.7 Å². The number of rotatable bonds is 4. The molecule has 3 aromatic heterocycles. The molecule has 11 rings (SSSR count). The molecule has 8 aromatic carbocycles.